The highest BCUT2D eigenvalue weighted by molar-refractivity contribution is 5.85. The molecule has 4 aliphatic carbocycles. The van der Waals surface area contributed by atoms with Gasteiger partial charge in [-0.2, -0.15) is 0 Å². The van der Waals surface area contributed by atoms with E-state index in [9.17, 15) is 4.79 Å². The fourth-order valence-corrected chi connectivity index (χ4v) is 9.59. The summed E-state index contributed by atoms with van der Waals surface area (Å²) < 4.78 is 0. The second kappa shape index (κ2) is 8.77. The van der Waals surface area contributed by atoms with Crippen LogP contribution in [0.4, 0.5) is 0 Å². The summed E-state index contributed by atoms with van der Waals surface area (Å²) in [7, 11) is 4.24. The molecule has 4 rings (SSSR count). The molecule has 0 amide bonds. The minimum absolute atomic E-state index is 0.158. The Labute approximate surface area is 193 Å². The largest absolute Gasteiger partial charge is 0.300 e. The third-order valence-corrected chi connectivity index (χ3v) is 11.3. The molecule has 0 heterocycles. The number of likely N-dealkylation sites (N-methyl/N-ethyl adjacent to an activating group) is 1. The number of fused-ring (bicyclic) bond motifs is 5. The van der Waals surface area contributed by atoms with Crippen molar-refractivity contribution >= 4 is 5.78 Å². The first-order valence-corrected chi connectivity index (χ1v) is 13.8. The molecule has 0 bridgehead atoms. The SMILES string of the molecule is CC(C)CCC[C@@H](C)[C@H]1CC[C@H]2[C@@H]3CC[C@H]4CC(=O)[C@@H](N(C)C)C[C@]4(C)[C@H]3CC[C@]12C. The maximum atomic E-state index is 12.8. The van der Waals surface area contributed by atoms with E-state index >= 15 is 0 Å². The molecule has 2 heteroatoms. The fraction of sp³-hybridized carbons (Fsp3) is 0.966. The summed E-state index contributed by atoms with van der Waals surface area (Å²) in [6.07, 6.45) is 14.8. The molecule has 0 radical (unpaired) electrons. The molecule has 0 aliphatic heterocycles. The normalized spacial score (nSPS) is 46.0. The lowest BCUT2D eigenvalue weighted by molar-refractivity contribution is -0.149. The Morgan fingerprint density at radius 3 is 2.32 bits per heavy atom. The van der Waals surface area contributed by atoms with Gasteiger partial charge in [-0.3, -0.25) is 9.69 Å². The van der Waals surface area contributed by atoms with Gasteiger partial charge in [-0.05, 0) is 111 Å². The van der Waals surface area contributed by atoms with Crippen molar-refractivity contribution in [3.05, 3.63) is 0 Å². The zero-order chi connectivity index (χ0) is 22.6. The molecular formula is C29H51NO. The van der Waals surface area contributed by atoms with E-state index in [0.717, 1.165) is 48.3 Å². The van der Waals surface area contributed by atoms with Crippen molar-refractivity contribution < 1.29 is 4.79 Å². The first-order valence-electron chi connectivity index (χ1n) is 13.8. The van der Waals surface area contributed by atoms with Gasteiger partial charge in [0.25, 0.3) is 0 Å². The molecule has 0 N–H and O–H groups in total. The maximum absolute atomic E-state index is 12.8. The molecule has 0 aromatic carbocycles. The monoisotopic (exact) mass is 429 g/mol. The Bertz CT molecular complexity index is 655. The van der Waals surface area contributed by atoms with Gasteiger partial charge in [0, 0.05) is 6.42 Å². The predicted octanol–water partition coefficient (Wildman–Crippen LogP) is 7.22. The fourth-order valence-electron chi connectivity index (χ4n) is 9.59. The Kier molecular flexibility index (Phi) is 6.73. The van der Waals surface area contributed by atoms with Gasteiger partial charge in [-0.15, -0.1) is 0 Å². The molecule has 9 atom stereocenters. The van der Waals surface area contributed by atoms with Gasteiger partial charge in [0.1, 0.15) is 5.78 Å². The van der Waals surface area contributed by atoms with Crippen LogP contribution in [0.25, 0.3) is 0 Å². The molecule has 0 unspecified atom stereocenters. The quantitative estimate of drug-likeness (QED) is 0.444. The molecular weight excluding hydrogens is 378 g/mol. The second-order valence-electron chi connectivity index (χ2n) is 13.5. The maximum Gasteiger partial charge on any atom is 0.150 e. The molecule has 0 saturated heterocycles. The highest BCUT2D eigenvalue weighted by atomic mass is 16.1. The summed E-state index contributed by atoms with van der Waals surface area (Å²) in [5, 5.41) is 0. The second-order valence-corrected chi connectivity index (χ2v) is 13.5. The van der Waals surface area contributed by atoms with Crippen LogP contribution < -0.4 is 0 Å². The number of carbonyl (C=O) groups is 1. The van der Waals surface area contributed by atoms with Crippen LogP contribution in [-0.4, -0.2) is 30.8 Å². The van der Waals surface area contributed by atoms with E-state index in [2.05, 4.69) is 53.6 Å². The number of carbonyl (C=O) groups excluding carboxylic acids is 1. The molecule has 2 nitrogen and oxygen atoms in total. The van der Waals surface area contributed by atoms with Gasteiger partial charge in [0.05, 0.1) is 6.04 Å². The Hall–Kier alpha value is -0.370. The van der Waals surface area contributed by atoms with E-state index in [0.29, 0.717) is 22.5 Å². The van der Waals surface area contributed by atoms with Gasteiger partial charge in [0.15, 0.2) is 0 Å². The first kappa shape index (κ1) is 23.8. The lowest BCUT2D eigenvalue weighted by Crippen LogP contribution is -2.57. The average Bonchev–Trinajstić information content (AvgIpc) is 3.05. The van der Waals surface area contributed by atoms with Crippen molar-refractivity contribution in [3.8, 4) is 0 Å². The number of Topliss-reactive ketones (excluding diaryl/α,β-unsaturated/α-hetero) is 1. The third-order valence-electron chi connectivity index (χ3n) is 11.3. The Balaban J connectivity index is 1.49. The van der Waals surface area contributed by atoms with Crippen LogP contribution in [-0.2, 0) is 4.79 Å². The van der Waals surface area contributed by atoms with Gasteiger partial charge in [-0.25, -0.2) is 0 Å². The van der Waals surface area contributed by atoms with E-state index in [1.807, 2.05) is 0 Å². The van der Waals surface area contributed by atoms with Gasteiger partial charge < -0.3 is 0 Å². The van der Waals surface area contributed by atoms with Crippen molar-refractivity contribution in [1.29, 1.82) is 0 Å². The van der Waals surface area contributed by atoms with Gasteiger partial charge >= 0.3 is 0 Å². The summed E-state index contributed by atoms with van der Waals surface area (Å²) >= 11 is 0. The van der Waals surface area contributed by atoms with E-state index in [1.165, 1.54) is 57.8 Å². The van der Waals surface area contributed by atoms with Crippen LogP contribution in [0.15, 0.2) is 0 Å². The van der Waals surface area contributed by atoms with Crippen LogP contribution in [0, 0.1) is 52.3 Å². The highest BCUT2D eigenvalue weighted by Gasteiger charge is 2.61. The summed E-state index contributed by atoms with van der Waals surface area (Å²) in [6.45, 7) is 12.6. The molecule has 31 heavy (non-hydrogen) atoms. The molecule has 4 saturated carbocycles. The van der Waals surface area contributed by atoms with Crippen LogP contribution >= 0.6 is 0 Å². The number of nitrogens with zero attached hydrogens (tertiary/aromatic N) is 1. The summed E-state index contributed by atoms with van der Waals surface area (Å²) in [5.41, 5.74) is 0.959. The van der Waals surface area contributed by atoms with Crippen molar-refractivity contribution in [2.75, 3.05) is 14.1 Å². The molecule has 4 fully saturated rings. The number of hydrogen-bond acceptors (Lipinski definition) is 2. The van der Waals surface area contributed by atoms with Crippen LogP contribution in [0.3, 0.4) is 0 Å². The summed E-state index contributed by atoms with van der Waals surface area (Å²) in [6, 6.07) is 0.158. The number of hydrogen-bond donors (Lipinski definition) is 0. The summed E-state index contributed by atoms with van der Waals surface area (Å²) in [4.78, 5) is 15.0. The van der Waals surface area contributed by atoms with E-state index in [4.69, 9.17) is 0 Å². The van der Waals surface area contributed by atoms with E-state index < -0.39 is 0 Å². The van der Waals surface area contributed by atoms with Crippen molar-refractivity contribution in [1.82, 2.24) is 4.90 Å². The van der Waals surface area contributed by atoms with Crippen molar-refractivity contribution in [2.24, 2.45) is 52.3 Å². The molecule has 4 aliphatic rings. The van der Waals surface area contributed by atoms with Gasteiger partial charge in [-0.1, -0.05) is 53.9 Å². The van der Waals surface area contributed by atoms with Crippen LogP contribution in [0.1, 0.15) is 105 Å². The number of rotatable bonds is 6. The Morgan fingerprint density at radius 1 is 0.935 bits per heavy atom. The zero-order valence-corrected chi connectivity index (χ0v) is 21.8. The third kappa shape index (κ3) is 4.06. The van der Waals surface area contributed by atoms with E-state index in [1.54, 1.807) is 0 Å². The standard InChI is InChI=1S/C29H51NO/c1-19(2)9-8-10-20(3)23-13-14-24-22-12-11-21-17-27(31)26(30(6)7)18-29(21,5)25(22)15-16-28(23,24)4/h19-26H,8-18H2,1-7H3/t20-,21+,22+,23-,24+,25+,26+,28-,29+/m1/s1. The smallest absolute Gasteiger partial charge is 0.150 e. The molecule has 178 valence electrons. The van der Waals surface area contributed by atoms with Crippen LogP contribution in [0.2, 0.25) is 0 Å². The van der Waals surface area contributed by atoms with E-state index in [-0.39, 0.29) is 6.04 Å². The molecule has 0 aromatic rings. The minimum Gasteiger partial charge on any atom is -0.300 e. The minimum atomic E-state index is 0.158. The zero-order valence-electron chi connectivity index (χ0n) is 21.8. The van der Waals surface area contributed by atoms with Crippen molar-refractivity contribution in [2.45, 2.75) is 111 Å². The molecule has 0 spiro atoms. The topological polar surface area (TPSA) is 20.3 Å². The van der Waals surface area contributed by atoms with Crippen LogP contribution in [0.5, 0.6) is 0 Å². The predicted molar refractivity (Wildman–Crippen MR) is 131 cm³/mol. The first-order chi connectivity index (χ1) is 14.6. The Morgan fingerprint density at radius 2 is 1.65 bits per heavy atom. The number of ketones is 1. The van der Waals surface area contributed by atoms with Crippen molar-refractivity contribution in [3.63, 3.8) is 0 Å². The van der Waals surface area contributed by atoms with Gasteiger partial charge in [0.2, 0.25) is 0 Å². The highest BCUT2D eigenvalue weighted by Crippen LogP contribution is 2.68. The molecule has 0 aromatic heterocycles. The summed E-state index contributed by atoms with van der Waals surface area (Å²) in [5.74, 6) is 6.56. The lowest BCUT2D eigenvalue weighted by Gasteiger charge is -2.61. The lowest BCUT2D eigenvalue weighted by atomic mass is 9.44. The average molecular weight is 430 g/mol.